The van der Waals surface area contributed by atoms with E-state index in [4.69, 9.17) is 4.74 Å². The van der Waals surface area contributed by atoms with E-state index < -0.39 is 10.0 Å². The Morgan fingerprint density at radius 2 is 2.37 bits per heavy atom. The van der Waals surface area contributed by atoms with Crippen LogP contribution in [0.1, 0.15) is 13.8 Å². The molecule has 1 atom stereocenters. The van der Waals surface area contributed by atoms with Crippen LogP contribution in [0.3, 0.4) is 0 Å². The van der Waals surface area contributed by atoms with Crippen LogP contribution in [0.4, 0.5) is 5.82 Å². The Hall–Kier alpha value is -1.18. The lowest BCUT2D eigenvalue weighted by atomic mass is 10.3. The van der Waals surface area contributed by atoms with Crippen LogP contribution >= 0.6 is 0 Å². The number of ether oxygens (including phenoxy) is 1. The van der Waals surface area contributed by atoms with Gasteiger partial charge in [0.25, 0.3) is 0 Å². The smallest absolute Gasteiger partial charge is 0.247 e. The summed E-state index contributed by atoms with van der Waals surface area (Å²) in [4.78, 5) is 4.33. The summed E-state index contributed by atoms with van der Waals surface area (Å²) in [6.07, 6.45) is 1.58. The van der Waals surface area contributed by atoms with E-state index in [2.05, 4.69) is 10.3 Å². The normalized spacial score (nSPS) is 21.3. The maximum atomic E-state index is 12.7. The Morgan fingerprint density at radius 1 is 1.58 bits per heavy atom. The van der Waals surface area contributed by atoms with Crippen molar-refractivity contribution in [3.8, 4) is 0 Å². The van der Waals surface area contributed by atoms with Gasteiger partial charge in [0.05, 0.1) is 13.2 Å². The molecular formula is C12H19N3O3S. The molecule has 2 heterocycles. The SMILES string of the molecule is CCNc1ncccc1S(=O)(=O)N1CCOCC1C. The van der Waals surface area contributed by atoms with Gasteiger partial charge in [0.15, 0.2) is 0 Å². The maximum Gasteiger partial charge on any atom is 0.247 e. The van der Waals surface area contributed by atoms with Crippen molar-refractivity contribution in [2.45, 2.75) is 24.8 Å². The molecule has 0 bridgehead atoms. The fraction of sp³-hybridized carbons (Fsp3) is 0.583. The molecule has 1 aliphatic heterocycles. The predicted octanol–water partition coefficient (Wildman–Crippen LogP) is 0.923. The molecule has 0 spiro atoms. The first kappa shape index (κ1) is 14.2. The van der Waals surface area contributed by atoms with Crippen molar-refractivity contribution in [2.75, 3.05) is 31.6 Å². The van der Waals surface area contributed by atoms with Crippen LogP contribution < -0.4 is 5.32 Å². The number of nitrogens with zero attached hydrogens (tertiary/aromatic N) is 2. The highest BCUT2D eigenvalue weighted by molar-refractivity contribution is 7.89. The Bertz CT molecular complexity index is 533. The van der Waals surface area contributed by atoms with Gasteiger partial charge >= 0.3 is 0 Å². The zero-order chi connectivity index (χ0) is 13.9. The van der Waals surface area contributed by atoms with Gasteiger partial charge < -0.3 is 10.1 Å². The van der Waals surface area contributed by atoms with E-state index >= 15 is 0 Å². The number of rotatable bonds is 4. The number of nitrogens with one attached hydrogen (secondary N) is 1. The second kappa shape index (κ2) is 5.85. The number of pyridine rings is 1. The van der Waals surface area contributed by atoms with E-state index in [1.807, 2.05) is 13.8 Å². The third-order valence-corrected chi connectivity index (χ3v) is 5.05. The lowest BCUT2D eigenvalue weighted by molar-refractivity contribution is 0.0393. The number of aromatic nitrogens is 1. The van der Waals surface area contributed by atoms with Crippen LogP contribution in [0.25, 0.3) is 0 Å². The van der Waals surface area contributed by atoms with Crippen molar-refractivity contribution in [2.24, 2.45) is 0 Å². The van der Waals surface area contributed by atoms with Crippen LogP contribution in [0.2, 0.25) is 0 Å². The first-order chi connectivity index (χ1) is 9.07. The standard InChI is InChI=1S/C12H19N3O3S/c1-3-13-12-11(5-4-6-14-12)19(16,17)15-7-8-18-9-10(15)2/h4-6,10H,3,7-9H2,1-2H3,(H,13,14). The Kier molecular flexibility index (Phi) is 4.38. The van der Waals surface area contributed by atoms with E-state index in [0.29, 0.717) is 32.1 Å². The molecule has 1 aromatic heterocycles. The van der Waals surface area contributed by atoms with Crippen LogP contribution in [0, 0.1) is 0 Å². The summed E-state index contributed by atoms with van der Waals surface area (Å²) in [5, 5.41) is 2.99. The molecule has 1 unspecified atom stereocenters. The summed E-state index contributed by atoms with van der Waals surface area (Å²) < 4.78 is 32.1. The van der Waals surface area contributed by atoms with Gasteiger partial charge in [-0.1, -0.05) is 0 Å². The molecule has 1 N–H and O–H groups in total. The third-order valence-electron chi connectivity index (χ3n) is 3.01. The monoisotopic (exact) mass is 285 g/mol. The van der Waals surface area contributed by atoms with Gasteiger partial charge in [-0.15, -0.1) is 0 Å². The summed E-state index contributed by atoms with van der Waals surface area (Å²) in [6.45, 7) is 5.61. The van der Waals surface area contributed by atoms with Crippen molar-refractivity contribution < 1.29 is 13.2 Å². The first-order valence-corrected chi connectivity index (χ1v) is 7.80. The molecular weight excluding hydrogens is 266 g/mol. The second-order valence-electron chi connectivity index (χ2n) is 4.42. The zero-order valence-electron chi connectivity index (χ0n) is 11.2. The molecule has 19 heavy (non-hydrogen) atoms. The molecule has 1 fully saturated rings. The van der Waals surface area contributed by atoms with Crippen LogP contribution in [0.5, 0.6) is 0 Å². The van der Waals surface area contributed by atoms with Crippen LogP contribution in [-0.4, -0.2) is 50.1 Å². The average Bonchev–Trinajstić information content (AvgIpc) is 2.40. The zero-order valence-corrected chi connectivity index (χ0v) is 12.0. The fourth-order valence-electron chi connectivity index (χ4n) is 2.09. The summed E-state index contributed by atoms with van der Waals surface area (Å²) >= 11 is 0. The molecule has 1 aromatic rings. The van der Waals surface area contributed by atoms with E-state index in [-0.39, 0.29) is 10.9 Å². The van der Waals surface area contributed by atoms with Gasteiger partial charge in [-0.3, -0.25) is 0 Å². The van der Waals surface area contributed by atoms with E-state index in [1.54, 1.807) is 18.3 Å². The van der Waals surface area contributed by atoms with Crippen molar-refractivity contribution in [1.82, 2.24) is 9.29 Å². The van der Waals surface area contributed by atoms with Crippen molar-refractivity contribution in [3.63, 3.8) is 0 Å². The second-order valence-corrected chi connectivity index (χ2v) is 6.28. The van der Waals surface area contributed by atoms with Crippen molar-refractivity contribution >= 4 is 15.8 Å². The third kappa shape index (κ3) is 2.88. The molecule has 0 saturated carbocycles. The Morgan fingerprint density at radius 3 is 3.05 bits per heavy atom. The van der Waals surface area contributed by atoms with Crippen molar-refractivity contribution in [1.29, 1.82) is 0 Å². The minimum atomic E-state index is -3.54. The Labute approximate surface area is 113 Å². The molecule has 2 rings (SSSR count). The summed E-state index contributed by atoms with van der Waals surface area (Å²) in [7, 11) is -3.54. The highest BCUT2D eigenvalue weighted by Gasteiger charge is 2.33. The molecule has 7 heteroatoms. The molecule has 1 aliphatic rings. The van der Waals surface area contributed by atoms with Crippen LogP contribution in [0.15, 0.2) is 23.2 Å². The molecule has 6 nitrogen and oxygen atoms in total. The number of morpholine rings is 1. The van der Waals surface area contributed by atoms with Gasteiger partial charge in [-0.05, 0) is 26.0 Å². The molecule has 0 amide bonds. The summed E-state index contributed by atoms with van der Waals surface area (Å²) in [6, 6.07) is 3.06. The number of hydrogen-bond acceptors (Lipinski definition) is 5. The first-order valence-electron chi connectivity index (χ1n) is 6.36. The largest absolute Gasteiger partial charge is 0.378 e. The molecule has 106 valence electrons. The molecule has 0 aliphatic carbocycles. The fourth-order valence-corrected chi connectivity index (χ4v) is 3.82. The quantitative estimate of drug-likeness (QED) is 0.891. The molecule has 1 saturated heterocycles. The van der Waals surface area contributed by atoms with Gasteiger partial charge in [0.1, 0.15) is 10.7 Å². The number of anilines is 1. The van der Waals surface area contributed by atoms with E-state index in [9.17, 15) is 8.42 Å². The molecule has 0 radical (unpaired) electrons. The maximum absolute atomic E-state index is 12.7. The Balaban J connectivity index is 2.38. The lowest BCUT2D eigenvalue weighted by Gasteiger charge is -2.32. The van der Waals surface area contributed by atoms with Crippen LogP contribution in [-0.2, 0) is 14.8 Å². The lowest BCUT2D eigenvalue weighted by Crippen LogP contribution is -2.47. The number of hydrogen-bond donors (Lipinski definition) is 1. The minimum Gasteiger partial charge on any atom is -0.378 e. The minimum absolute atomic E-state index is 0.159. The number of sulfonamides is 1. The van der Waals surface area contributed by atoms with Gasteiger partial charge in [0.2, 0.25) is 10.0 Å². The molecule has 0 aromatic carbocycles. The van der Waals surface area contributed by atoms with Crippen molar-refractivity contribution in [3.05, 3.63) is 18.3 Å². The van der Waals surface area contributed by atoms with Gasteiger partial charge in [-0.25, -0.2) is 13.4 Å². The summed E-state index contributed by atoms with van der Waals surface area (Å²) in [5.41, 5.74) is 0. The average molecular weight is 285 g/mol. The predicted molar refractivity (Wildman–Crippen MR) is 72.6 cm³/mol. The summed E-state index contributed by atoms with van der Waals surface area (Å²) in [5.74, 6) is 0.406. The van der Waals surface area contributed by atoms with Gasteiger partial charge in [0, 0.05) is 25.3 Å². The highest BCUT2D eigenvalue weighted by Crippen LogP contribution is 2.25. The highest BCUT2D eigenvalue weighted by atomic mass is 32.2. The van der Waals surface area contributed by atoms with Gasteiger partial charge in [-0.2, -0.15) is 4.31 Å². The topological polar surface area (TPSA) is 71.5 Å². The van der Waals surface area contributed by atoms with E-state index in [0.717, 1.165) is 0 Å². The van der Waals surface area contributed by atoms with E-state index in [1.165, 1.54) is 4.31 Å².